The highest BCUT2D eigenvalue weighted by Crippen LogP contribution is 2.21. The molecule has 0 fully saturated rings. The quantitative estimate of drug-likeness (QED) is 0.623. The smallest absolute Gasteiger partial charge is 0.293 e. The molecule has 0 aromatic carbocycles. The maximum atomic E-state index is 9.60. The highest BCUT2D eigenvalue weighted by atomic mass is 16.5. The molecule has 0 aromatic heterocycles. The van der Waals surface area contributed by atoms with Crippen LogP contribution in [0.2, 0.25) is 0 Å². The number of rotatable bonds is 1. The van der Waals surface area contributed by atoms with Crippen LogP contribution < -0.4 is 0 Å². The minimum absolute atomic E-state index is 0.318. The number of nitrogens with zero attached hydrogens (tertiary/aromatic N) is 2. The van der Waals surface area contributed by atoms with Gasteiger partial charge in [-0.3, -0.25) is 4.79 Å². The van der Waals surface area contributed by atoms with E-state index in [1.165, 1.54) is 0 Å². The normalized spacial score (nSPS) is 11.0. The molecule has 0 aromatic rings. The summed E-state index contributed by atoms with van der Waals surface area (Å²) in [6, 6.07) is 1.90. The lowest BCUT2D eigenvalue weighted by molar-refractivity contribution is -0.138. The Morgan fingerprint density at radius 3 is 2.23 bits per heavy atom. The molecule has 0 radical (unpaired) electrons. The van der Waals surface area contributed by atoms with Crippen LogP contribution in [0.25, 0.3) is 11.5 Å². The largest absolute Gasteiger partial charge is 0.462 e. The molecule has 0 N–H and O–H groups in total. The molecule has 0 atom stereocenters. The molecule has 70 valence electrons. The average Bonchev–Trinajstić information content (AvgIpc) is 2.58. The first kappa shape index (κ1) is 9.64. The second-order valence-electron chi connectivity index (χ2n) is 3.59. The fourth-order valence-corrected chi connectivity index (χ4v) is 0.616. The molecule has 0 saturated carbocycles. The lowest BCUT2D eigenvalue weighted by Crippen LogP contribution is -2.17. The number of aromatic nitrogens is 2. The van der Waals surface area contributed by atoms with Crippen LogP contribution in [0.1, 0.15) is 20.8 Å². The van der Waals surface area contributed by atoms with Gasteiger partial charge in [0, 0.05) is 6.20 Å². The zero-order valence-corrected chi connectivity index (χ0v) is 7.94. The maximum Gasteiger partial charge on any atom is 0.293 e. The molecule has 0 unspecified atom stereocenters. The van der Waals surface area contributed by atoms with E-state index in [9.17, 15) is 4.79 Å². The summed E-state index contributed by atoms with van der Waals surface area (Å²) in [5, 5.41) is 0. The summed E-state index contributed by atoms with van der Waals surface area (Å²) < 4.78 is 4.55. The van der Waals surface area contributed by atoms with Crippen molar-refractivity contribution >= 4 is 6.47 Å². The van der Waals surface area contributed by atoms with Gasteiger partial charge >= 0.3 is 0 Å². The van der Waals surface area contributed by atoms with Crippen molar-refractivity contribution in [3.8, 4) is 11.5 Å². The number of hydrogen-bond donors (Lipinski definition) is 0. The van der Waals surface area contributed by atoms with Gasteiger partial charge in [0.1, 0.15) is 11.3 Å². The SMILES string of the molecule is CC(C)(C)OC=O.c1cc2nc-2n1. The van der Waals surface area contributed by atoms with Crippen molar-refractivity contribution in [1.82, 2.24) is 9.97 Å². The second kappa shape index (κ2) is 3.51. The van der Waals surface area contributed by atoms with Gasteiger partial charge in [0.2, 0.25) is 0 Å². The number of carbonyl (C=O) groups is 1. The van der Waals surface area contributed by atoms with Crippen LogP contribution in [0.15, 0.2) is 12.3 Å². The summed E-state index contributed by atoms with van der Waals surface area (Å²) in [4.78, 5) is 17.3. The van der Waals surface area contributed by atoms with E-state index in [4.69, 9.17) is 0 Å². The van der Waals surface area contributed by atoms with Crippen molar-refractivity contribution < 1.29 is 9.53 Å². The van der Waals surface area contributed by atoms with Crippen LogP contribution in [0, 0.1) is 0 Å². The van der Waals surface area contributed by atoms with Crippen LogP contribution in [0.3, 0.4) is 0 Å². The van der Waals surface area contributed by atoms with Crippen molar-refractivity contribution in [2.45, 2.75) is 26.4 Å². The summed E-state index contributed by atoms with van der Waals surface area (Å²) in [6.07, 6.45) is 1.76. The van der Waals surface area contributed by atoms with E-state index in [0.29, 0.717) is 6.47 Å². The second-order valence-corrected chi connectivity index (χ2v) is 3.59. The van der Waals surface area contributed by atoms with Gasteiger partial charge in [-0.15, -0.1) is 0 Å². The Hall–Kier alpha value is -1.45. The van der Waals surface area contributed by atoms with Crippen molar-refractivity contribution in [3.05, 3.63) is 12.3 Å². The Kier molecular flexibility index (Phi) is 2.60. The van der Waals surface area contributed by atoms with Gasteiger partial charge < -0.3 is 4.74 Å². The summed E-state index contributed by atoms with van der Waals surface area (Å²) in [5.41, 5.74) is 0.747. The van der Waals surface area contributed by atoms with Crippen LogP contribution in [-0.2, 0) is 9.53 Å². The Morgan fingerprint density at radius 1 is 1.46 bits per heavy atom. The first-order valence-corrected chi connectivity index (χ1v) is 3.98. The third-order valence-electron chi connectivity index (χ3n) is 1.24. The van der Waals surface area contributed by atoms with Gasteiger partial charge in [-0.1, -0.05) is 0 Å². The van der Waals surface area contributed by atoms with Crippen molar-refractivity contribution in [3.63, 3.8) is 0 Å². The Balaban J connectivity index is 0.000000130. The van der Waals surface area contributed by atoms with Gasteiger partial charge in [-0.05, 0) is 26.8 Å². The molecule has 4 nitrogen and oxygen atoms in total. The van der Waals surface area contributed by atoms with Gasteiger partial charge in [0.05, 0.1) is 0 Å². The lowest BCUT2D eigenvalue weighted by Gasteiger charge is -2.14. The van der Waals surface area contributed by atoms with Gasteiger partial charge in [-0.25, -0.2) is 9.97 Å². The summed E-state index contributed by atoms with van der Waals surface area (Å²) >= 11 is 0. The van der Waals surface area contributed by atoms with E-state index in [1.807, 2.05) is 26.8 Å². The highest BCUT2D eigenvalue weighted by Gasteiger charge is 2.13. The minimum Gasteiger partial charge on any atom is -0.462 e. The van der Waals surface area contributed by atoms with Crippen molar-refractivity contribution in [1.29, 1.82) is 0 Å². The standard InChI is InChI=1S/C5H10O2.C4H2N2/c1-5(2,3)7-4-6;1-2-5-4-3(1)6-4/h4H,1-3H3;1-2H. The topological polar surface area (TPSA) is 52.1 Å². The molecule has 2 aliphatic heterocycles. The molecular weight excluding hydrogens is 168 g/mol. The monoisotopic (exact) mass is 180 g/mol. The molecular formula is C9H12N2O2. The fourth-order valence-electron chi connectivity index (χ4n) is 0.616. The predicted octanol–water partition coefficient (Wildman–Crippen LogP) is 1.41. The molecule has 0 spiro atoms. The molecule has 2 heterocycles. The number of ether oxygens (including phenoxy) is 1. The minimum atomic E-state index is -0.318. The van der Waals surface area contributed by atoms with E-state index in [-0.39, 0.29) is 5.60 Å². The zero-order valence-electron chi connectivity index (χ0n) is 7.94. The van der Waals surface area contributed by atoms with E-state index in [2.05, 4.69) is 14.7 Å². The molecule has 0 bridgehead atoms. The van der Waals surface area contributed by atoms with Crippen LogP contribution in [0.5, 0.6) is 0 Å². The Bertz CT molecular complexity index is 287. The van der Waals surface area contributed by atoms with Crippen molar-refractivity contribution in [2.75, 3.05) is 0 Å². The Morgan fingerprint density at radius 2 is 2.15 bits per heavy atom. The van der Waals surface area contributed by atoms with E-state index in [1.54, 1.807) is 6.20 Å². The van der Waals surface area contributed by atoms with Gasteiger partial charge in [0.15, 0.2) is 5.82 Å². The first-order chi connectivity index (χ1) is 6.03. The van der Waals surface area contributed by atoms with Crippen LogP contribution >= 0.6 is 0 Å². The molecule has 0 amide bonds. The number of fused-ring (bicyclic) bond motifs is 1. The molecule has 2 aliphatic rings. The van der Waals surface area contributed by atoms with Gasteiger partial charge in [-0.2, -0.15) is 0 Å². The maximum absolute atomic E-state index is 9.60. The zero-order chi connectivity index (χ0) is 9.90. The first-order valence-electron chi connectivity index (χ1n) is 3.98. The summed E-state index contributed by atoms with van der Waals surface area (Å²) in [6.45, 7) is 5.92. The average molecular weight is 180 g/mol. The van der Waals surface area contributed by atoms with E-state index in [0.717, 1.165) is 11.5 Å². The van der Waals surface area contributed by atoms with Crippen molar-refractivity contribution in [2.24, 2.45) is 0 Å². The highest BCUT2D eigenvalue weighted by molar-refractivity contribution is 5.61. The number of carbonyl (C=O) groups excluding carboxylic acids is 1. The predicted molar refractivity (Wildman–Crippen MR) is 47.9 cm³/mol. The Labute approximate surface area is 77.0 Å². The number of hydrogen-bond acceptors (Lipinski definition) is 4. The molecule has 0 saturated heterocycles. The molecule has 0 aliphatic carbocycles. The fraction of sp³-hybridized carbons (Fsp3) is 0.444. The molecule has 2 rings (SSSR count). The van der Waals surface area contributed by atoms with E-state index < -0.39 is 0 Å². The van der Waals surface area contributed by atoms with Crippen LogP contribution in [-0.4, -0.2) is 22.0 Å². The summed E-state index contributed by atoms with van der Waals surface area (Å²) in [7, 11) is 0. The summed E-state index contributed by atoms with van der Waals surface area (Å²) in [5.74, 6) is 0.926. The van der Waals surface area contributed by atoms with Gasteiger partial charge in [0.25, 0.3) is 6.47 Å². The third-order valence-corrected chi connectivity index (χ3v) is 1.24. The molecule has 13 heavy (non-hydrogen) atoms. The third kappa shape index (κ3) is 3.64. The molecule has 4 heteroatoms. The lowest BCUT2D eigenvalue weighted by atomic mass is 10.2. The van der Waals surface area contributed by atoms with E-state index >= 15 is 0 Å². The van der Waals surface area contributed by atoms with Crippen LogP contribution in [0.4, 0.5) is 0 Å².